The van der Waals surface area contributed by atoms with E-state index < -0.39 is 5.60 Å². The number of fused-ring (bicyclic) bond motifs is 1. The summed E-state index contributed by atoms with van der Waals surface area (Å²) in [4.78, 5) is 14.8. The van der Waals surface area contributed by atoms with Gasteiger partial charge in [0.1, 0.15) is 6.29 Å². The summed E-state index contributed by atoms with van der Waals surface area (Å²) in [6, 6.07) is 0. The van der Waals surface area contributed by atoms with Gasteiger partial charge in [-0.05, 0) is 32.6 Å². The fourth-order valence-electron chi connectivity index (χ4n) is 2.36. The Bertz CT molecular complexity index is 390. The van der Waals surface area contributed by atoms with Gasteiger partial charge in [0.05, 0.1) is 17.6 Å². The Morgan fingerprint density at radius 2 is 2.44 bits per heavy atom. The number of aliphatic hydroxyl groups is 1. The number of aryl methyl sites for hydroxylation is 1. The number of carbonyl (C=O) groups excluding carboxylic acids is 1. The number of carbonyl (C=O) groups is 1. The summed E-state index contributed by atoms with van der Waals surface area (Å²) < 4.78 is 2.10. The van der Waals surface area contributed by atoms with Gasteiger partial charge in [0.15, 0.2) is 0 Å². The maximum Gasteiger partial charge on any atom is 0.126 e. The van der Waals surface area contributed by atoms with Crippen LogP contribution in [-0.4, -0.2) is 26.5 Å². The van der Waals surface area contributed by atoms with Crippen molar-refractivity contribution in [1.82, 2.24) is 9.55 Å². The molecule has 0 saturated carbocycles. The van der Waals surface area contributed by atoms with E-state index in [1.165, 1.54) is 0 Å². The summed E-state index contributed by atoms with van der Waals surface area (Å²) in [6.45, 7) is 4.59. The van der Waals surface area contributed by atoms with E-state index in [0.29, 0.717) is 6.42 Å². The van der Waals surface area contributed by atoms with Crippen LogP contribution in [0.1, 0.15) is 31.7 Å². The fraction of sp³-hybridized carbons (Fsp3) is 0.667. The maximum atomic E-state index is 10.5. The molecule has 4 nitrogen and oxygen atoms in total. The molecule has 0 aliphatic carbocycles. The summed E-state index contributed by atoms with van der Waals surface area (Å²) in [7, 11) is 0. The molecule has 4 heteroatoms. The lowest BCUT2D eigenvalue weighted by atomic mass is 9.82. The van der Waals surface area contributed by atoms with Crippen molar-refractivity contribution in [2.24, 2.45) is 5.92 Å². The highest BCUT2D eigenvalue weighted by atomic mass is 16.3. The molecule has 0 saturated heterocycles. The van der Waals surface area contributed by atoms with Gasteiger partial charge < -0.3 is 14.5 Å². The molecular weight excluding hydrogens is 204 g/mol. The van der Waals surface area contributed by atoms with E-state index in [9.17, 15) is 9.90 Å². The molecule has 0 spiro atoms. The molecule has 1 N–H and O–H groups in total. The van der Waals surface area contributed by atoms with Crippen LogP contribution in [0.5, 0.6) is 0 Å². The first-order chi connectivity index (χ1) is 7.52. The Balaban J connectivity index is 2.24. The van der Waals surface area contributed by atoms with Crippen molar-refractivity contribution in [2.75, 3.05) is 0 Å². The van der Waals surface area contributed by atoms with Crippen LogP contribution in [0.15, 0.2) is 6.33 Å². The highest BCUT2D eigenvalue weighted by Crippen LogP contribution is 2.30. The first kappa shape index (κ1) is 11.3. The van der Waals surface area contributed by atoms with Crippen LogP contribution < -0.4 is 0 Å². The van der Waals surface area contributed by atoms with Crippen molar-refractivity contribution in [2.45, 2.75) is 45.3 Å². The number of rotatable bonds is 3. The summed E-state index contributed by atoms with van der Waals surface area (Å²) in [5.41, 5.74) is 1.32. The zero-order chi connectivity index (χ0) is 11.8. The average Bonchev–Trinajstić information content (AvgIpc) is 2.60. The molecule has 1 aromatic heterocycles. The molecule has 0 aromatic carbocycles. The SMILES string of the molecule is CC(C)(O)C1CCn2cnc(CC=O)c2C1. The van der Waals surface area contributed by atoms with E-state index >= 15 is 0 Å². The van der Waals surface area contributed by atoms with Crippen molar-refractivity contribution in [3.63, 3.8) is 0 Å². The van der Waals surface area contributed by atoms with Crippen molar-refractivity contribution in [1.29, 1.82) is 0 Å². The van der Waals surface area contributed by atoms with Gasteiger partial charge in [0, 0.05) is 18.7 Å². The van der Waals surface area contributed by atoms with E-state index in [1.807, 2.05) is 13.8 Å². The highest BCUT2D eigenvalue weighted by Gasteiger charge is 2.31. The molecule has 2 rings (SSSR count). The topological polar surface area (TPSA) is 55.1 Å². The predicted molar refractivity (Wildman–Crippen MR) is 60.1 cm³/mol. The molecule has 1 aliphatic rings. The van der Waals surface area contributed by atoms with Gasteiger partial charge in [-0.3, -0.25) is 0 Å². The second kappa shape index (κ2) is 4.01. The second-order valence-electron chi connectivity index (χ2n) is 5.05. The molecule has 0 bridgehead atoms. The fourth-order valence-corrected chi connectivity index (χ4v) is 2.36. The van der Waals surface area contributed by atoms with Gasteiger partial charge in [-0.15, -0.1) is 0 Å². The molecule has 0 amide bonds. The number of aldehydes is 1. The van der Waals surface area contributed by atoms with E-state index in [4.69, 9.17) is 0 Å². The molecule has 0 fully saturated rings. The van der Waals surface area contributed by atoms with E-state index in [2.05, 4.69) is 9.55 Å². The van der Waals surface area contributed by atoms with Crippen LogP contribution in [-0.2, 0) is 24.2 Å². The summed E-state index contributed by atoms with van der Waals surface area (Å²) >= 11 is 0. The Kier molecular flexibility index (Phi) is 2.84. The van der Waals surface area contributed by atoms with Crippen LogP contribution in [0.4, 0.5) is 0 Å². The van der Waals surface area contributed by atoms with Crippen molar-refractivity contribution >= 4 is 6.29 Å². The predicted octanol–water partition coefficient (Wildman–Crippen LogP) is 0.958. The highest BCUT2D eigenvalue weighted by molar-refractivity contribution is 5.54. The van der Waals surface area contributed by atoms with Gasteiger partial charge in [-0.1, -0.05) is 0 Å². The molecule has 0 radical (unpaired) electrons. The summed E-state index contributed by atoms with van der Waals surface area (Å²) in [5, 5.41) is 10.0. The van der Waals surface area contributed by atoms with Gasteiger partial charge >= 0.3 is 0 Å². The number of hydrogen-bond acceptors (Lipinski definition) is 3. The minimum Gasteiger partial charge on any atom is -0.390 e. The third kappa shape index (κ3) is 2.02. The zero-order valence-electron chi connectivity index (χ0n) is 9.81. The van der Waals surface area contributed by atoms with Crippen LogP contribution in [0.2, 0.25) is 0 Å². The van der Waals surface area contributed by atoms with E-state index in [-0.39, 0.29) is 5.92 Å². The Morgan fingerprint density at radius 3 is 3.06 bits per heavy atom. The molecule has 2 heterocycles. The van der Waals surface area contributed by atoms with Crippen molar-refractivity contribution in [3.05, 3.63) is 17.7 Å². The normalized spacial score (nSPS) is 20.6. The lowest BCUT2D eigenvalue weighted by molar-refractivity contribution is -0.107. The zero-order valence-corrected chi connectivity index (χ0v) is 9.81. The van der Waals surface area contributed by atoms with E-state index in [1.54, 1.807) is 6.33 Å². The van der Waals surface area contributed by atoms with E-state index in [0.717, 1.165) is 37.1 Å². The Hall–Kier alpha value is -1.16. The number of hydrogen-bond donors (Lipinski definition) is 1. The number of imidazole rings is 1. The van der Waals surface area contributed by atoms with Crippen molar-refractivity contribution < 1.29 is 9.90 Å². The van der Waals surface area contributed by atoms with Crippen LogP contribution in [0.25, 0.3) is 0 Å². The molecule has 1 atom stereocenters. The molecule has 1 aromatic rings. The Morgan fingerprint density at radius 1 is 1.69 bits per heavy atom. The van der Waals surface area contributed by atoms with Crippen LogP contribution in [0.3, 0.4) is 0 Å². The standard InChI is InChI=1S/C12H18N2O2/c1-12(2,16)9-3-5-14-8-13-10(4-6-15)11(14)7-9/h6,8-9,16H,3-5,7H2,1-2H3. The van der Waals surface area contributed by atoms with Gasteiger partial charge in [0.2, 0.25) is 0 Å². The Labute approximate surface area is 95.3 Å². The minimum atomic E-state index is -0.659. The lowest BCUT2D eigenvalue weighted by Crippen LogP contribution is -2.36. The largest absolute Gasteiger partial charge is 0.390 e. The average molecular weight is 222 g/mol. The molecular formula is C12H18N2O2. The quantitative estimate of drug-likeness (QED) is 0.775. The minimum absolute atomic E-state index is 0.252. The lowest BCUT2D eigenvalue weighted by Gasteiger charge is -2.33. The monoisotopic (exact) mass is 222 g/mol. The molecule has 16 heavy (non-hydrogen) atoms. The smallest absolute Gasteiger partial charge is 0.126 e. The molecule has 1 unspecified atom stereocenters. The van der Waals surface area contributed by atoms with Crippen LogP contribution >= 0.6 is 0 Å². The molecule has 1 aliphatic heterocycles. The summed E-state index contributed by atoms with van der Waals surface area (Å²) in [6.07, 6.45) is 4.84. The van der Waals surface area contributed by atoms with Crippen molar-refractivity contribution in [3.8, 4) is 0 Å². The van der Waals surface area contributed by atoms with Crippen LogP contribution in [0, 0.1) is 5.92 Å². The first-order valence-electron chi connectivity index (χ1n) is 5.71. The first-order valence-corrected chi connectivity index (χ1v) is 5.71. The summed E-state index contributed by atoms with van der Waals surface area (Å²) in [5.74, 6) is 0.252. The van der Waals surface area contributed by atoms with Gasteiger partial charge in [-0.25, -0.2) is 4.98 Å². The van der Waals surface area contributed by atoms with Gasteiger partial charge in [0.25, 0.3) is 0 Å². The molecule has 88 valence electrons. The third-order valence-electron chi connectivity index (χ3n) is 3.47. The maximum absolute atomic E-state index is 10.5. The second-order valence-corrected chi connectivity index (χ2v) is 5.05. The number of aromatic nitrogens is 2. The number of nitrogens with zero attached hydrogens (tertiary/aromatic N) is 2. The third-order valence-corrected chi connectivity index (χ3v) is 3.47. The van der Waals surface area contributed by atoms with Gasteiger partial charge in [-0.2, -0.15) is 0 Å².